The van der Waals surface area contributed by atoms with Gasteiger partial charge < -0.3 is 0 Å². The van der Waals surface area contributed by atoms with Crippen LogP contribution in [0, 0.1) is 24.7 Å². The van der Waals surface area contributed by atoms with Gasteiger partial charge >= 0.3 is 0 Å². The predicted molar refractivity (Wildman–Crippen MR) is 53.0 cm³/mol. The Labute approximate surface area is 74.5 Å². The molecule has 0 nitrogen and oxygen atoms in total. The van der Waals surface area contributed by atoms with Crippen molar-refractivity contribution in [2.75, 3.05) is 0 Å². The van der Waals surface area contributed by atoms with Crippen molar-refractivity contribution in [1.29, 1.82) is 0 Å². The van der Waals surface area contributed by atoms with Crippen LogP contribution in [0.5, 0.6) is 0 Å². The first-order chi connectivity index (χ1) is 4.77. The van der Waals surface area contributed by atoms with Crippen LogP contribution in [0.2, 0.25) is 0 Å². The van der Waals surface area contributed by atoms with Crippen LogP contribution >= 0.6 is 35.7 Å². The maximum absolute atomic E-state index is 5.22. The summed E-state index contributed by atoms with van der Waals surface area (Å²) in [6, 6.07) is 0. The zero-order valence-corrected chi connectivity index (χ0v) is 7.48. The second-order valence-electron chi connectivity index (χ2n) is 1.66. The number of thiocarbonyl (C=S) groups is 1. The smallest absolute Gasteiger partial charge is 0.106 e. The molecule has 0 saturated carbocycles. The number of rotatable bonds is 0. The molecule has 2 atom stereocenters. The van der Waals surface area contributed by atoms with E-state index in [2.05, 4.69) is 11.8 Å². The molecule has 50 valence electrons. The van der Waals surface area contributed by atoms with Gasteiger partial charge in [-0.1, -0.05) is 47.6 Å². The lowest BCUT2D eigenvalue weighted by Gasteiger charge is -2.00. The Morgan fingerprint density at radius 1 is 1.20 bits per heavy atom. The first-order valence-corrected chi connectivity index (χ1v) is 4.74. The molecule has 1 rings (SSSR count). The summed E-state index contributed by atoms with van der Waals surface area (Å²) in [6.07, 6.45) is 10.4. The van der Waals surface area contributed by atoms with E-state index in [4.69, 9.17) is 25.1 Å². The monoisotopic (exact) mass is 184 g/mol. The van der Waals surface area contributed by atoms with E-state index >= 15 is 0 Å². The minimum absolute atomic E-state index is 0.0856. The molecule has 1 aliphatic heterocycles. The van der Waals surface area contributed by atoms with E-state index in [0.29, 0.717) is 0 Å². The van der Waals surface area contributed by atoms with Crippen molar-refractivity contribution in [3.63, 3.8) is 0 Å². The van der Waals surface area contributed by atoms with Crippen LogP contribution in [-0.4, -0.2) is 14.0 Å². The molecule has 1 heterocycles. The van der Waals surface area contributed by atoms with Crippen molar-refractivity contribution in [2.24, 2.45) is 0 Å². The first kappa shape index (κ1) is 8.01. The largest absolute Gasteiger partial charge is 0.119 e. The van der Waals surface area contributed by atoms with E-state index in [1.807, 2.05) is 0 Å². The minimum Gasteiger partial charge on any atom is -0.119 e. The third kappa shape index (κ3) is 1.49. The predicted octanol–water partition coefficient (Wildman–Crippen LogP) is 1.75. The van der Waals surface area contributed by atoms with Gasteiger partial charge in [0.15, 0.2) is 0 Å². The highest BCUT2D eigenvalue weighted by Gasteiger charge is 2.29. The Morgan fingerprint density at radius 2 is 1.60 bits per heavy atom. The Kier molecular flexibility index (Phi) is 2.68. The molecule has 10 heavy (non-hydrogen) atoms. The summed E-state index contributed by atoms with van der Waals surface area (Å²) in [7, 11) is 0. The lowest BCUT2D eigenvalue weighted by molar-refractivity contribution is 1.19. The SMILES string of the molecule is C#CC1SC(=S)SC1C#C. The van der Waals surface area contributed by atoms with Gasteiger partial charge in [0, 0.05) is 0 Å². The van der Waals surface area contributed by atoms with Gasteiger partial charge in [-0.05, 0) is 0 Å². The molecule has 2 unspecified atom stereocenters. The van der Waals surface area contributed by atoms with E-state index in [0.717, 1.165) is 3.53 Å². The van der Waals surface area contributed by atoms with Crippen molar-refractivity contribution in [3.8, 4) is 24.7 Å². The van der Waals surface area contributed by atoms with Crippen molar-refractivity contribution in [2.45, 2.75) is 10.5 Å². The van der Waals surface area contributed by atoms with E-state index in [1.54, 1.807) is 0 Å². The Morgan fingerprint density at radius 3 is 1.90 bits per heavy atom. The van der Waals surface area contributed by atoms with E-state index in [1.165, 1.54) is 23.5 Å². The molecule has 0 aliphatic carbocycles. The molecule has 1 fully saturated rings. The zero-order chi connectivity index (χ0) is 7.56. The summed E-state index contributed by atoms with van der Waals surface area (Å²) in [4.78, 5) is 0. The van der Waals surface area contributed by atoms with E-state index in [-0.39, 0.29) is 10.5 Å². The molecule has 0 N–H and O–H groups in total. The van der Waals surface area contributed by atoms with Gasteiger partial charge in [0.05, 0.1) is 10.5 Å². The maximum Gasteiger partial charge on any atom is 0.106 e. The summed E-state index contributed by atoms with van der Waals surface area (Å²) < 4.78 is 0.867. The number of terminal acetylenes is 2. The Balaban J connectivity index is 2.71. The van der Waals surface area contributed by atoms with Gasteiger partial charge in [-0.15, -0.1) is 12.8 Å². The molecule has 0 radical (unpaired) electrons. The molecule has 1 saturated heterocycles. The third-order valence-corrected chi connectivity index (χ3v) is 4.09. The molecular weight excluding hydrogens is 180 g/mol. The fourth-order valence-electron chi connectivity index (χ4n) is 0.602. The van der Waals surface area contributed by atoms with Crippen molar-refractivity contribution >= 4 is 39.3 Å². The van der Waals surface area contributed by atoms with Crippen LogP contribution in [0.25, 0.3) is 0 Å². The number of thioether (sulfide) groups is 2. The Bertz CT molecular complexity index is 206. The van der Waals surface area contributed by atoms with Crippen LogP contribution in [0.3, 0.4) is 0 Å². The standard InChI is InChI=1S/C7H4S3/c1-3-5-6(4-2)10-7(8)9-5/h1-2,5-6H. The lowest BCUT2D eigenvalue weighted by Crippen LogP contribution is -2.09. The van der Waals surface area contributed by atoms with Gasteiger partial charge in [-0.25, -0.2) is 0 Å². The van der Waals surface area contributed by atoms with Gasteiger partial charge in [-0.2, -0.15) is 0 Å². The second kappa shape index (κ2) is 3.34. The second-order valence-corrected chi connectivity index (χ2v) is 5.15. The van der Waals surface area contributed by atoms with Crippen LogP contribution in [0.15, 0.2) is 0 Å². The minimum atomic E-state index is 0.0856. The normalized spacial score (nSPS) is 31.2. The topological polar surface area (TPSA) is 0 Å². The fraction of sp³-hybridized carbons (Fsp3) is 0.286. The van der Waals surface area contributed by atoms with Crippen LogP contribution in [0.4, 0.5) is 0 Å². The summed E-state index contributed by atoms with van der Waals surface area (Å²) in [5.74, 6) is 5.21. The van der Waals surface area contributed by atoms with Crippen molar-refractivity contribution in [3.05, 3.63) is 0 Å². The summed E-state index contributed by atoms with van der Waals surface area (Å²) in [5, 5.41) is 0.171. The number of hydrogen-bond donors (Lipinski definition) is 0. The highest BCUT2D eigenvalue weighted by atomic mass is 32.2. The molecule has 1 aliphatic rings. The molecule has 3 heteroatoms. The molecule has 0 aromatic rings. The van der Waals surface area contributed by atoms with Gasteiger partial charge in [0.25, 0.3) is 0 Å². The fourth-order valence-corrected chi connectivity index (χ4v) is 3.36. The Hall–Kier alpha value is -0.0900. The van der Waals surface area contributed by atoms with Crippen molar-refractivity contribution < 1.29 is 0 Å². The molecule has 0 spiro atoms. The van der Waals surface area contributed by atoms with Crippen LogP contribution < -0.4 is 0 Å². The van der Waals surface area contributed by atoms with E-state index in [9.17, 15) is 0 Å². The lowest BCUT2D eigenvalue weighted by atomic mass is 10.3. The first-order valence-electron chi connectivity index (χ1n) is 2.57. The van der Waals surface area contributed by atoms with Gasteiger partial charge in [0.2, 0.25) is 0 Å². The van der Waals surface area contributed by atoms with Crippen LogP contribution in [0.1, 0.15) is 0 Å². The zero-order valence-electron chi connectivity index (χ0n) is 5.03. The van der Waals surface area contributed by atoms with Gasteiger partial charge in [0.1, 0.15) is 3.53 Å². The quantitative estimate of drug-likeness (QED) is 0.416. The van der Waals surface area contributed by atoms with Gasteiger partial charge in [-0.3, -0.25) is 0 Å². The summed E-state index contributed by atoms with van der Waals surface area (Å²) >= 11 is 7.97. The van der Waals surface area contributed by atoms with Crippen molar-refractivity contribution in [1.82, 2.24) is 0 Å². The third-order valence-electron chi connectivity index (χ3n) is 1.05. The average molecular weight is 184 g/mol. The molecule has 0 amide bonds. The summed E-state index contributed by atoms with van der Waals surface area (Å²) in [6.45, 7) is 0. The number of hydrogen-bond acceptors (Lipinski definition) is 3. The highest BCUT2D eigenvalue weighted by molar-refractivity contribution is 8.50. The molecular formula is C7H4S3. The molecule has 0 aromatic carbocycles. The van der Waals surface area contributed by atoms with Crippen LogP contribution in [-0.2, 0) is 0 Å². The highest BCUT2D eigenvalue weighted by Crippen LogP contribution is 2.38. The average Bonchev–Trinajstić information content (AvgIpc) is 2.30. The molecule has 0 bridgehead atoms. The summed E-state index contributed by atoms with van der Waals surface area (Å²) in [5.41, 5.74) is 0. The maximum atomic E-state index is 5.22. The van der Waals surface area contributed by atoms with E-state index < -0.39 is 0 Å². The molecule has 0 aromatic heterocycles.